The molecule has 0 spiro atoms. The summed E-state index contributed by atoms with van der Waals surface area (Å²) in [5, 5.41) is 13.2. The number of ether oxygens (including phenoxy) is 1. The maximum absolute atomic E-state index is 12.3. The van der Waals surface area contributed by atoms with Gasteiger partial charge in [0, 0.05) is 25.3 Å². The minimum Gasteiger partial charge on any atom is -0.464 e. The molecule has 31 heavy (non-hydrogen) atoms. The molecular weight excluding hydrogens is 392 g/mol. The maximum Gasteiger partial charge on any atom is 0.358 e. The molecule has 0 amide bonds. The number of fused-ring (bicyclic) bond motifs is 1. The fourth-order valence-electron chi connectivity index (χ4n) is 4.42. The molecule has 7 heteroatoms. The minimum atomic E-state index is -0.564. The first-order valence-corrected chi connectivity index (χ1v) is 10.5. The van der Waals surface area contributed by atoms with Crippen molar-refractivity contribution in [1.29, 1.82) is 0 Å². The Labute approximate surface area is 182 Å². The highest BCUT2D eigenvalue weighted by atomic mass is 16.5. The number of carbonyl (C=O) groups is 1. The number of aliphatic hydroxyl groups excluding tert-OH is 1. The van der Waals surface area contributed by atoms with Gasteiger partial charge in [-0.2, -0.15) is 0 Å². The lowest BCUT2D eigenvalue weighted by atomic mass is 10.0. The summed E-state index contributed by atoms with van der Waals surface area (Å²) in [6.45, 7) is 0.849. The van der Waals surface area contributed by atoms with Crippen LogP contribution in [0.15, 0.2) is 65.0 Å². The van der Waals surface area contributed by atoms with Crippen LogP contribution in [0.2, 0.25) is 0 Å². The number of nitrogens with one attached hydrogen (secondary N) is 1. The summed E-state index contributed by atoms with van der Waals surface area (Å²) in [6, 6.07) is 16.8. The smallest absolute Gasteiger partial charge is 0.358 e. The van der Waals surface area contributed by atoms with E-state index in [4.69, 9.17) is 10.5 Å². The molecular formula is C24H28N4O3. The van der Waals surface area contributed by atoms with Crippen LogP contribution in [0.3, 0.4) is 0 Å². The number of hydrogen-bond donors (Lipinski definition) is 3. The summed E-state index contributed by atoms with van der Waals surface area (Å²) in [6.07, 6.45) is 3.91. The first-order valence-electron chi connectivity index (χ1n) is 10.5. The predicted octanol–water partition coefficient (Wildman–Crippen LogP) is 2.18. The summed E-state index contributed by atoms with van der Waals surface area (Å²) < 4.78 is 4.88. The highest BCUT2D eigenvalue weighted by Crippen LogP contribution is 2.32. The molecule has 1 aliphatic carbocycles. The van der Waals surface area contributed by atoms with Crippen molar-refractivity contribution in [1.82, 2.24) is 10.2 Å². The van der Waals surface area contributed by atoms with Gasteiger partial charge in [-0.1, -0.05) is 48.5 Å². The lowest BCUT2D eigenvalue weighted by Crippen LogP contribution is -2.39. The van der Waals surface area contributed by atoms with Gasteiger partial charge in [-0.3, -0.25) is 0 Å². The highest BCUT2D eigenvalue weighted by molar-refractivity contribution is 5.91. The van der Waals surface area contributed by atoms with Gasteiger partial charge in [-0.15, -0.1) is 0 Å². The van der Waals surface area contributed by atoms with Crippen molar-refractivity contribution in [3.63, 3.8) is 0 Å². The Kier molecular flexibility index (Phi) is 6.34. The molecule has 0 aromatic heterocycles. The number of aliphatic hydroxyl groups is 1. The number of nitrogens with two attached hydrogens (primary N) is 1. The Balaban J connectivity index is 1.52. The Morgan fingerprint density at radius 2 is 2.13 bits per heavy atom. The molecule has 0 saturated heterocycles. The van der Waals surface area contributed by atoms with Crippen LogP contribution < -0.4 is 11.1 Å². The number of hydrogen-bond acceptors (Lipinski definition) is 7. The molecule has 1 heterocycles. The van der Waals surface area contributed by atoms with Gasteiger partial charge in [0.15, 0.2) is 11.5 Å². The van der Waals surface area contributed by atoms with Crippen LogP contribution in [0.25, 0.3) is 0 Å². The normalized spacial score (nSPS) is 20.1. The molecule has 0 radical (unpaired) electrons. The van der Waals surface area contributed by atoms with Crippen LogP contribution in [-0.2, 0) is 22.5 Å². The second kappa shape index (κ2) is 9.32. The monoisotopic (exact) mass is 420 g/mol. The first kappa shape index (κ1) is 21.1. The summed E-state index contributed by atoms with van der Waals surface area (Å²) in [5.74, 6) is -0.472. The van der Waals surface area contributed by atoms with E-state index in [0.717, 1.165) is 30.5 Å². The van der Waals surface area contributed by atoms with E-state index in [0.29, 0.717) is 6.04 Å². The molecule has 7 nitrogen and oxygen atoms in total. The van der Waals surface area contributed by atoms with Gasteiger partial charge in [-0.25, -0.2) is 9.79 Å². The average Bonchev–Trinajstić information content (AvgIpc) is 3.21. The number of carbonyl (C=O) groups excluding carboxylic acids is 1. The van der Waals surface area contributed by atoms with Crippen LogP contribution in [0, 0.1) is 0 Å². The number of methoxy groups -OCH3 is 1. The number of esters is 1. The molecule has 1 aliphatic heterocycles. The third-order valence-corrected chi connectivity index (χ3v) is 5.92. The molecule has 0 bridgehead atoms. The van der Waals surface area contributed by atoms with Gasteiger partial charge in [0.25, 0.3) is 0 Å². The summed E-state index contributed by atoms with van der Waals surface area (Å²) >= 11 is 0. The van der Waals surface area contributed by atoms with E-state index in [1.54, 1.807) is 11.1 Å². The zero-order valence-electron chi connectivity index (χ0n) is 17.6. The van der Waals surface area contributed by atoms with Crippen molar-refractivity contribution in [2.45, 2.75) is 31.5 Å². The highest BCUT2D eigenvalue weighted by Gasteiger charge is 2.31. The Bertz CT molecular complexity index is 1020. The number of β-amino-alcohol motifs (C(OH)–C–C–N with tert-alkyl or cyclic N) is 1. The second-order valence-corrected chi connectivity index (χ2v) is 7.78. The lowest BCUT2D eigenvalue weighted by molar-refractivity contribution is -0.138. The predicted molar refractivity (Wildman–Crippen MR) is 119 cm³/mol. The molecule has 4 N–H and O–H groups in total. The lowest BCUT2D eigenvalue weighted by Gasteiger charge is -2.34. The van der Waals surface area contributed by atoms with Crippen molar-refractivity contribution in [3.8, 4) is 0 Å². The summed E-state index contributed by atoms with van der Waals surface area (Å²) in [5.41, 5.74) is 11.0. The molecule has 2 aliphatic rings. The SMILES string of the molecule is COC(=O)C1=C(N)N=CC(c2cccc(CN[C@H]3CCc4ccccc43)c2)N1CCO. The van der Waals surface area contributed by atoms with Gasteiger partial charge in [0.2, 0.25) is 0 Å². The fourth-order valence-corrected chi connectivity index (χ4v) is 4.42. The minimum absolute atomic E-state index is 0.0919. The Morgan fingerprint density at radius 1 is 1.29 bits per heavy atom. The number of aliphatic imine (C=N–C) groups is 1. The molecule has 1 unspecified atom stereocenters. The summed E-state index contributed by atoms with van der Waals surface area (Å²) in [7, 11) is 1.31. The maximum atomic E-state index is 12.3. The standard InChI is InChI=1S/C24H28N4O3/c1-31-24(30)22-23(25)27-15-21(28(22)11-12-29)18-7-4-5-16(13-18)14-26-20-10-9-17-6-2-3-8-19(17)20/h2-8,13,15,20-21,26,29H,9-12,14,25H2,1H3/t20-,21?/m0/s1. The van der Waals surface area contributed by atoms with E-state index >= 15 is 0 Å². The van der Waals surface area contributed by atoms with Crippen molar-refractivity contribution >= 4 is 12.2 Å². The molecule has 162 valence electrons. The largest absolute Gasteiger partial charge is 0.464 e. The fraction of sp³-hybridized carbons (Fsp3) is 0.333. The van der Waals surface area contributed by atoms with Crippen molar-refractivity contribution in [2.24, 2.45) is 10.7 Å². The molecule has 0 saturated carbocycles. The average molecular weight is 421 g/mol. The third-order valence-electron chi connectivity index (χ3n) is 5.92. The first-order chi connectivity index (χ1) is 15.1. The third kappa shape index (κ3) is 4.33. The molecule has 2 aromatic carbocycles. The molecule has 2 aromatic rings. The van der Waals surface area contributed by atoms with Crippen LogP contribution in [0.1, 0.15) is 40.8 Å². The van der Waals surface area contributed by atoms with Gasteiger partial charge < -0.3 is 25.8 Å². The molecule has 4 rings (SSSR count). The van der Waals surface area contributed by atoms with E-state index < -0.39 is 5.97 Å². The number of nitrogens with zero attached hydrogens (tertiary/aromatic N) is 2. The molecule has 2 atom stereocenters. The van der Waals surface area contributed by atoms with Gasteiger partial charge in [-0.05, 0) is 35.1 Å². The zero-order chi connectivity index (χ0) is 21.8. The number of benzene rings is 2. The van der Waals surface area contributed by atoms with E-state index in [2.05, 4.69) is 46.7 Å². The van der Waals surface area contributed by atoms with Gasteiger partial charge in [0.05, 0.1) is 19.8 Å². The quantitative estimate of drug-likeness (QED) is 0.594. The Morgan fingerprint density at radius 3 is 2.94 bits per heavy atom. The Hall–Kier alpha value is -3.16. The van der Waals surface area contributed by atoms with E-state index in [-0.39, 0.29) is 30.7 Å². The summed E-state index contributed by atoms with van der Waals surface area (Å²) in [4.78, 5) is 18.3. The zero-order valence-corrected chi connectivity index (χ0v) is 17.6. The number of rotatable bonds is 7. The van der Waals surface area contributed by atoms with Crippen LogP contribution in [0.5, 0.6) is 0 Å². The van der Waals surface area contributed by atoms with Crippen molar-refractivity contribution in [3.05, 3.63) is 82.3 Å². The van der Waals surface area contributed by atoms with Crippen LogP contribution in [-0.4, -0.2) is 42.5 Å². The van der Waals surface area contributed by atoms with E-state index in [1.807, 2.05) is 12.1 Å². The van der Waals surface area contributed by atoms with Crippen LogP contribution in [0.4, 0.5) is 0 Å². The van der Waals surface area contributed by atoms with Gasteiger partial charge >= 0.3 is 5.97 Å². The number of aryl methyl sites for hydroxylation is 1. The van der Waals surface area contributed by atoms with Gasteiger partial charge in [0.1, 0.15) is 0 Å². The van der Waals surface area contributed by atoms with Crippen molar-refractivity contribution < 1.29 is 14.6 Å². The molecule has 0 fully saturated rings. The topological polar surface area (TPSA) is 100 Å². The van der Waals surface area contributed by atoms with Crippen LogP contribution >= 0.6 is 0 Å². The van der Waals surface area contributed by atoms with E-state index in [9.17, 15) is 9.90 Å². The van der Waals surface area contributed by atoms with Crippen molar-refractivity contribution in [2.75, 3.05) is 20.3 Å². The van der Waals surface area contributed by atoms with E-state index in [1.165, 1.54) is 18.2 Å². The second-order valence-electron chi connectivity index (χ2n) is 7.78.